The minimum atomic E-state index is 0.0478. The summed E-state index contributed by atoms with van der Waals surface area (Å²) in [5.74, 6) is 0.0478. The van der Waals surface area contributed by atoms with Crippen molar-refractivity contribution in [3.8, 4) is 0 Å². The number of para-hydroxylation sites is 1. The third kappa shape index (κ3) is 6.12. The molecular weight excluding hydrogens is 286 g/mol. The van der Waals surface area contributed by atoms with Crippen molar-refractivity contribution >= 4 is 11.6 Å². The van der Waals surface area contributed by atoms with Gasteiger partial charge in [0.05, 0.1) is 6.54 Å². The van der Waals surface area contributed by atoms with Crippen molar-refractivity contribution in [2.24, 2.45) is 0 Å². The van der Waals surface area contributed by atoms with Crippen molar-refractivity contribution in [1.29, 1.82) is 0 Å². The summed E-state index contributed by atoms with van der Waals surface area (Å²) in [7, 11) is 4.00. The molecule has 2 aromatic carbocycles. The Morgan fingerprint density at radius 1 is 0.957 bits per heavy atom. The molecule has 0 saturated carbocycles. The molecule has 0 unspecified atom stereocenters. The molecule has 4 heteroatoms. The van der Waals surface area contributed by atoms with Crippen LogP contribution in [0.15, 0.2) is 60.7 Å². The molecule has 0 aliphatic carbocycles. The molecule has 122 valence electrons. The quantitative estimate of drug-likeness (QED) is 0.813. The van der Waals surface area contributed by atoms with Crippen molar-refractivity contribution in [2.45, 2.75) is 6.54 Å². The Balaban J connectivity index is 2.01. The number of likely N-dealkylation sites (N-methyl/N-ethyl adjacent to an activating group) is 1. The maximum Gasteiger partial charge on any atom is 0.239 e. The number of rotatable bonds is 8. The number of carbonyl (C=O) groups excluding carboxylic acids is 1. The third-order valence-electron chi connectivity index (χ3n) is 3.55. The molecule has 0 atom stereocenters. The molecule has 0 radical (unpaired) electrons. The summed E-state index contributed by atoms with van der Waals surface area (Å²) < 4.78 is 0. The molecular formula is C19H25N3O. The van der Waals surface area contributed by atoms with Crippen LogP contribution in [0.25, 0.3) is 0 Å². The van der Waals surface area contributed by atoms with Gasteiger partial charge in [0.2, 0.25) is 5.91 Å². The summed E-state index contributed by atoms with van der Waals surface area (Å²) in [6.07, 6.45) is 0. The van der Waals surface area contributed by atoms with Gasteiger partial charge < -0.3 is 15.1 Å². The highest BCUT2D eigenvalue weighted by Gasteiger charge is 2.12. The first-order chi connectivity index (χ1) is 11.1. The van der Waals surface area contributed by atoms with Crippen LogP contribution >= 0.6 is 0 Å². The number of nitrogens with zero attached hydrogens (tertiary/aromatic N) is 2. The Bertz CT molecular complexity index is 584. The smallest absolute Gasteiger partial charge is 0.239 e. The molecule has 0 heterocycles. The predicted molar refractivity (Wildman–Crippen MR) is 95.5 cm³/mol. The molecule has 2 aromatic rings. The van der Waals surface area contributed by atoms with Gasteiger partial charge in [0.25, 0.3) is 0 Å². The topological polar surface area (TPSA) is 35.6 Å². The minimum Gasteiger partial charge on any atom is -0.358 e. The van der Waals surface area contributed by atoms with Gasteiger partial charge in [-0.3, -0.25) is 4.79 Å². The van der Waals surface area contributed by atoms with Crippen LogP contribution in [0.4, 0.5) is 5.69 Å². The SMILES string of the molecule is CN(C)CCNC(=O)CN(Cc1ccccc1)c1ccccc1. The fourth-order valence-electron chi connectivity index (χ4n) is 2.33. The molecule has 2 rings (SSSR count). The van der Waals surface area contributed by atoms with E-state index >= 15 is 0 Å². The second kappa shape index (κ2) is 8.96. The van der Waals surface area contributed by atoms with Crippen LogP contribution < -0.4 is 10.2 Å². The molecule has 0 fully saturated rings. The number of carbonyl (C=O) groups is 1. The van der Waals surface area contributed by atoms with Gasteiger partial charge in [0, 0.05) is 25.3 Å². The Kier molecular flexibility index (Phi) is 6.63. The summed E-state index contributed by atoms with van der Waals surface area (Å²) >= 11 is 0. The Hall–Kier alpha value is -2.33. The van der Waals surface area contributed by atoms with Crippen LogP contribution in [-0.2, 0) is 11.3 Å². The van der Waals surface area contributed by atoms with Gasteiger partial charge in [-0.25, -0.2) is 0 Å². The lowest BCUT2D eigenvalue weighted by molar-refractivity contribution is -0.119. The van der Waals surface area contributed by atoms with Crippen LogP contribution in [0.1, 0.15) is 5.56 Å². The van der Waals surface area contributed by atoms with E-state index < -0.39 is 0 Å². The van der Waals surface area contributed by atoms with Crippen LogP contribution in [0, 0.1) is 0 Å². The number of anilines is 1. The Labute approximate surface area is 138 Å². The predicted octanol–water partition coefficient (Wildman–Crippen LogP) is 2.37. The lowest BCUT2D eigenvalue weighted by Crippen LogP contribution is -2.39. The minimum absolute atomic E-state index is 0.0478. The summed E-state index contributed by atoms with van der Waals surface area (Å²) in [5.41, 5.74) is 2.25. The van der Waals surface area contributed by atoms with Gasteiger partial charge in [-0.1, -0.05) is 48.5 Å². The van der Waals surface area contributed by atoms with E-state index in [1.807, 2.05) is 62.6 Å². The van der Waals surface area contributed by atoms with Gasteiger partial charge in [-0.15, -0.1) is 0 Å². The molecule has 0 bridgehead atoms. The summed E-state index contributed by atoms with van der Waals surface area (Å²) in [5, 5.41) is 2.98. The van der Waals surface area contributed by atoms with Crippen LogP contribution in [0.3, 0.4) is 0 Å². The number of amides is 1. The van der Waals surface area contributed by atoms with E-state index in [2.05, 4.69) is 27.2 Å². The van der Waals surface area contributed by atoms with Crippen LogP contribution in [-0.4, -0.2) is 44.5 Å². The fraction of sp³-hybridized carbons (Fsp3) is 0.316. The number of hydrogen-bond donors (Lipinski definition) is 1. The van der Waals surface area contributed by atoms with Gasteiger partial charge in [0.1, 0.15) is 0 Å². The first-order valence-electron chi connectivity index (χ1n) is 7.90. The first-order valence-corrected chi connectivity index (χ1v) is 7.90. The number of nitrogens with one attached hydrogen (secondary N) is 1. The molecule has 0 saturated heterocycles. The van der Waals surface area contributed by atoms with E-state index in [-0.39, 0.29) is 5.91 Å². The zero-order chi connectivity index (χ0) is 16.5. The highest BCUT2D eigenvalue weighted by molar-refractivity contribution is 5.81. The summed E-state index contributed by atoms with van der Waals surface area (Å²) in [4.78, 5) is 16.4. The number of benzene rings is 2. The van der Waals surface area contributed by atoms with Crippen LogP contribution in [0.5, 0.6) is 0 Å². The summed E-state index contributed by atoms with van der Waals surface area (Å²) in [6.45, 7) is 2.58. The average Bonchev–Trinajstić information content (AvgIpc) is 2.56. The normalized spacial score (nSPS) is 10.6. The molecule has 1 N–H and O–H groups in total. The zero-order valence-corrected chi connectivity index (χ0v) is 13.9. The summed E-state index contributed by atoms with van der Waals surface area (Å²) in [6, 6.07) is 20.3. The molecule has 0 spiro atoms. The van der Waals surface area contributed by atoms with E-state index in [4.69, 9.17) is 0 Å². The Morgan fingerprint density at radius 2 is 1.57 bits per heavy atom. The molecule has 0 aromatic heterocycles. The second-order valence-corrected chi connectivity index (χ2v) is 5.83. The maximum atomic E-state index is 12.2. The van der Waals surface area contributed by atoms with E-state index in [9.17, 15) is 4.79 Å². The van der Waals surface area contributed by atoms with E-state index in [0.717, 1.165) is 12.2 Å². The lowest BCUT2D eigenvalue weighted by Gasteiger charge is -2.24. The molecule has 0 aliphatic rings. The van der Waals surface area contributed by atoms with Gasteiger partial charge in [0.15, 0.2) is 0 Å². The van der Waals surface area contributed by atoms with Crippen molar-refractivity contribution in [1.82, 2.24) is 10.2 Å². The van der Waals surface area contributed by atoms with Crippen LogP contribution in [0.2, 0.25) is 0 Å². The third-order valence-corrected chi connectivity index (χ3v) is 3.55. The highest BCUT2D eigenvalue weighted by Crippen LogP contribution is 2.16. The van der Waals surface area contributed by atoms with E-state index in [0.29, 0.717) is 19.6 Å². The zero-order valence-electron chi connectivity index (χ0n) is 13.9. The molecule has 23 heavy (non-hydrogen) atoms. The molecule has 4 nitrogen and oxygen atoms in total. The first kappa shape index (κ1) is 17.0. The van der Waals surface area contributed by atoms with E-state index in [1.165, 1.54) is 5.56 Å². The molecule has 1 amide bonds. The van der Waals surface area contributed by atoms with E-state index in [1.54, 1.807) is 0 Å². The molecule has 0 aliphatic heterocycles. The number of hydrogen-bond acceptors (Lipinski definition) is 3. The highest BCUT2D eigenvalue weighted by atomic mass is 16.2. The van der Waals surface area contributed by atoms with Gasteiger partial charge in [-0.05, 0) is 31.8 Å². The van der Waals surface area contributed by atoms with Crippen molar-refractivity contribution < 1.29 is 4.79 Å². The van der Waals surface area contributed by atoms with Crippen molar-refractivity contribution in [2.75, 3.05) is 38.6 Å². The Morgan fingerprint density at radius 3 is 2.17 bits per heavy atom. The van der Waals surface area contributed by atoms with Gasteiger partial charge >= 0.3 is 0 Å². The monoisotopic (exact) mass is 311 g/mol. The second-order valence-electron chi connectivity index (χ2n) is 5.83. The average molecular weight is 311 g/mol. The van der Waals surface area contributed by atoms with Crippen molar-refractivity contribution in [3.63, 3.8) is 0 Å². The fourth-order valence-corrected chi connectivity index (χ4v) is 2.33. The van der Waals surface area contributed by atoms with Gasteiger partial charge in [-0.2, -0.15) is 0 Å². The largest absolute Gasteiger partial charge is 0.358 e. The van der Waals surface area contributed by atoms with Crippen molar-refractivity contribution in [3.05, 3.63) is 66.2 Å². The standard InChI is InChI=1S/C19H25N3O/c1-21(2)14-13-20-19(23)16-22(18-11-7-4-8-12-18)15-17-9-5-3-6-10-17/h3-12H,13-16H2,1-2H3,(H,20,23). The maximum absolute atomic E-state index is 12.2. The lowest BCUT2D eigenvalue weighted by atomic mass is 10.2.